The van der Waals surface area contributed by atoms with Crippen LogP contribution in [0.5, 0.6) is 0 Å². The van der Waals surface area contributed by atoms with Crippen LogP contribution in [0.3, 0.4) is 0 Å². The Balaban J connectivity index is 2.41. The van der Waals surface area contributed by atoms with E-state index in [2.05, 4.69) is 0 Å². The van der Waals surface area contributed by atoms with E-state index in [4.69, 9.17) is 5.11 Å². The van der Waals surface area contributed by atoms with Gasteiger partial charge < -0.3 is 5.11 Å². The minimum Gasteiger partial charge on any atom is -0.481 e. The van der Waals surface area contributed by atoms with Gasteiger partial charge in [0.2, 0.25) is 0 Å². The Bertz CT molecular complexity index is 688. The van der Waals surface area contributed by atoms with Crippen LogP contribution in [-0.4, -0.2) is 23.5 Å². The summed E-state index contributed by atoms with van der Waals surface area (Å²) in [4.78, 5) is 11.0. The second kappa shape index (κ2) is 4.89. The van der Waals surface area contributed by atoms with E-state index >= 15 is 0 Å². The maximum Gasteiger partial charge on any atom is 0.310 e. The average molecular weight is 279 g/mol. The lowest BCUT2D eigenvalue weighted by Crippen LogP contribution is -2.11. The second-order valence-corrected chi connectivity index (χ2v) is 6.00. The molecule has 0 fully saturated rings. The number of hydrogen-bond donors (Lipinski definition) is 1. The molecule has 19 heavy (non-hydrogen) atoms. The summed E-state index contributed by atoms with van der Waals surface area (Å²) in [5.41, 5.74) is 0.451. The number of aliphatic carboxylic acids is 1. The summed E-state index contributed by atoms with van der Waals surface area (Å²) in [6.07, 6.45) is 2.69. The van der Waals surface area contributed by atoms with Crippen LogP contribution in [0, 0.1) is 0 Å². The Morgan fingerprint density at radius 3 is 2.42 bits per heavy atom. The molecule has 0 aliphatic carbocycles. The monoisotopic (exact) mass is 279 g/mol. The van der Waals surface area contributed by atoms with Gasteiger partial charge >= 0.3 is 5.97 Å². The van der Waals surface area contributed by atoms with Crippen molar-refractivity contribution < 1.29 is 18.3 Å². The highest BCUT2D eigenvalue weighted by molar-refractivity contribution is 7.90. The highest BCUT2D eigenvalue weighted by Gasteiger charge is 2.20. The van der Waals surface area contributed by atoms with Crippen molar-refractivity contribution in [3.05, 3.63) is 54.4 Å². The standard InChI is InChI=1S/C13H13NO4S/c1-10(13(15)16)11-7-8-14(9-11)19(17,18)12-5-3-2-4-6-12/h2-10H,1H3,(H,15,16). The van der Waals surface area contributed by atoms with Crippen LogP contribution < -0.4 is 0 Å². The van der Waals surface area contributed by atoms with Gasteiger partial charge in [-0.05, 0) is 30.7 Å². The van der Waals surface area contributed by atoms with E-state index < -0.39 is 21.9 Å². The number of carboxylic acids is 1. The zero-order chi connectivity index (χ0) is 14.0. The molecule has 1 heterocycles. The fourth-order valence-corrected chi connectivity index (χ4v) is 2.88. The maximum atomic E-state index is 12.3. The van der Waals surface area contributed by atoms with Gasteiger partial charge in [-0.3, -0.25) is 4.79 Å². The lowest BCUT2D eigenvalue weighted by Gasteiger charge is -2.06. The number of hydrogen-bond acceptors (Lipinski definition) is 3. The van der Waals surface area contributed by atoms with Crippen molar-refractivity contribution in [1.82, 2.24) is 3.97 Å². The molecule has 0 aliphatic rings. The first kappa shape index (κ1) is 13.4. The molecule has 100 valence electrons. The van der Waals surface area contributed by atoms with E-state index in [0.29, 0.717) is 5.56 Å². The van der Waals surface area contributed by atoms with Gasteiger partial charge in [0.25, 0.3) is 10.0 Å². The third-order valence-electron chi connectivity index (χ3n) is 2.88. The molecule has 0 amide bonds. The molecule has 1 aromatic heterocycles. The molecule has 0 saturated carbocycles. The third-order valence-corrected chi connectivity index (χ3v) is 4.53. The van der Waals surface area contributed by atoms with E-state index in [9.17, 15) is 13.2 Å². The summed E-state index contributed by atoms with van der Waals surface area (Å²) in [7, 11) is -3.65. The molecule has 6 heteroatoms. The van der Waals surface area contributed by atoms with Crippen molar-refractivity contribution in [3.8, 4) is 0 Å². The average Bonchev–Trinajstić information content (AvgIpc) is 2.89. The molecule has 5 nitrogen and oxygen atoms in total. The Labute approximate surface area is 111 Å². The van der Waals surface area contributed by atoms with Crippen LogP contribution in [0.15, 0.2) is 53.7 Å². The van der Waals surface area contributed by atoms with Gasteiger partial charge in [-0.25, -0.2) is 12.4 Å². The van der Waals surface area contributed by atoms with Crippen molar-refractivity contribution in [2.24, 2.45) is 0 Å². The van der Waals surface area contributed by atoms with Gasteiger partial charge in [0.15, 0.2) is 0 Å². The van der Waals surface area contributed by atoms with Gasteiger partial charge in [0.05, 0.1) is 10.8 Å². The van der Waals surface area contributed by atoms with Gasteiger partial charge in [-0.1, -0.05) is 18.2 Å². The van der Waals surface area contributed by atoms with Crippen LogP contribution in [-0.2, 0) is 14.8 Å². The van der Waals surface area contributed by atoms with Crippen molar-refractivity contribution in [2.75, 3.05) is 0 Å². The van der Waals surface area contributed by atoms with Gasteiger partial charge in [0, 0.05) is 12.4 Å². The van der Waals surface area contributed by atoms with E-state index in [0.717, 1.165) is 3.97 Å². The van der Waals surface area contributed by atoms with Gasteiger partial charge in [-0.15, -0.1) is 0 Å². The fourth-order valence-electron chi connectivity index (χ4n) is 1.65. The molecule has 1 N–H and O–H groups in total. The number of carboxylic acid groups (broad SMARTS) is 1. The molecule has 2 rings (SSSR count). The molecule has 2 aromatic rings. The lowest BCUT2D eigenvalue weighted by molar-refractivity contribution is -0.138. The van der Waals surface area contributed by atoms with E-state index in [1.165, 1.54) is 37.5 Å². The van der Waals surface area contributed by atoms with Crippen molar-refractivity contribution in [1.29, 1.82) is 0 Å². The van der Waals surface area contributed by atoms with Crippen molar-refractivity contribution in [2.45, 2.75) is 17.7 Å². The largest absolute Gasteiger partial charge is 0.481 e. The quantitative estimate of drug-likeness (QED) is 0.927. The number of carbonyl (C=O) groups is 1. The summed E-state index contributed by atoms with van der Waals surface area (Å²) in [6.45, 7) is 1.51. The lowest BCUT2D eigenvalue weighted by atomic mass is 10.1. The molecule has 1 unspecified atom stereocenters. The maximum absolute atomic E-state index is 12.3. The fraction of sp³-hybridized carbons (Fsp3) is 0.154. The topological polar surface area (TPSA) is 76.4 Å². The van der Waals surface area contributed by atoms with E-state index in [1.54, 1.807) is 18.2 Å². The predicted molar refractivity (Wildman–Crippen MR) is 69.5 cm³/mol. The first-order valence-electron chi connectivity index (χ1n) is 5.64. The third kappa shape index (κ3) is 2.53. The first-order valence-corrected chi connectivity index (χ1v) is 7.08. The first-order chi connectivity index (χ1) is 8.93. The minimum absolute atomic E-state index is 0.167. The molecule has 1 atom stereocenters. The highest BCUT2D eigenvalue weighted by Crippen LogP contribution is 2.19. The molecule has 0 spiro atoms. The molecule has 0 aliphatic heterocycles. The Hall–Kier alpha value is -2.08. The second-order valence-electron chi connectivity index (χ2n) is 4.15. The van der Waals surface area contributed by atoms with Crippen LogP contribution in [0.2, 0.25) is 0 Å². The number of nitrogens with zero attached hydrogens (tertiary/aromatic N) is 1. The Kier molecular flexibility index (Phi) is 3.44. The highest BCUT2D eigenvalue weighted by atomic mass is 32.2. The van der Waals surface area contributed by atoms with Crippen LogP contribution >= 0.6 is 0 Å². The summed E-state index contributed by atoms with van der Waals surface area (Å²) >= 11 is 0. The van der Waals surface area contributed by atoms with Crippen LogP contribution in [0.25, 0.3) is 0 Å². The molecule has 0 radical (unpaired) electrons. The summed E-state index contributed by atoms with van der Waals surface area (Å²) in [5, 5.41) is 8.91. The summed E-state index contributed by atoms with van der Waals surface area (Å²) in [5.74, 6) is -1.73. The smallest absolute Gasteiger partial charge is 0.310 e. The summed E-state index contributed by atoms with van der Waals surface area (Å²) < 4.78 is 25.5. The van der Waals surface area contributed by atoms with Gasteiger partial charge in [-0.2, -0.15) is 0 Å². The summed E-state index contributed by atoms with van der Waals surface area (Å²) in [6, 6.07) is 9.49. The van der Waals surface area contributed by atoms with Crippen molar-refractivity contribution >= 4 is 16.0 Å². The molecule has 1 aromatic carbocycles. The minimum atomic E-state index is -3.65. The van der Waals surface area contributed by atoms with Crippen LogP contribution in [0.1, 0.15) is 18.4 Å². The number of aromatic nitrogens is 1. The molecular formula is C13H13NO4S. The van der Waals surface area contributed by atoms with Crippen LogP contribution in [0.4, 0.5) is 0 Å². The Morgan fingerprint density at radius 2 is 1.84 bits per heavy atom. The SMILES string of the molecule is CC(C(=O)O)c1ccn(S(=O)(=O)c2ccccc2)c1. The predicted octanol–water partition coefficient (Wildman–Crippen LogP) is 1.91. The zero-order valence-corrected chi connectivity index (χ0v) is 11.0. The van der Waals surface area contributed by atoms with Crippen molar-refractivity contribution in [3.63, 3.8) is 0 Å². The van der Waals surface area contributed by atoms with E-state index in [-0.39, 0.29) is 4.90 Å². The number of rotatable bonds is 4. The molecule has 0 bridgehead atoms. The Morgan fingerprint density at radius 1 is 1.21 bits per heavy atom. The molecular weight excluding hydrogens is 266 g/mol. The van der Waals surface area contributed by atoms with Gasteiger partial charge in [0.1, 0.15) is 0 Å². The van der Waals surface area contributed by atoms with E-state index in [1.807, 2.05) is 0 Å². The number of benzene rings is 1. The normalized spacial score (nSPS) is 13.1. The molecule has 0 saturated heterocycles. The zero-order valence-electron chi connectivity index (χ0n) is 10.2.